The molecule has 28 heavy (non-hydrogen) atoms. The summed E-state index contributed by atoms with van der Waals surface area (Å²) in [4.78, 5) is 16.5. The van der Waals surface area contributed by atoms with Crippen molar-refractivity contribution < 1.29 is 26.5 Å². The lowest BCUT2D eigenvalue weighted by Gasteiger charge is -2.11. The van der Waals surface area contributed by atoms with Crippen LogP contribution in [0.25, 0.3) is 32.6 Å². The summed E-state index contributed by atoms with van der Waals surface area (Å²) in [5.74, 6) is 0.665. The Bertz CT molecular complexity index is 1200. The first-order valence-electron chi connectivity index (χ1n) is 8.94. The first kappa shape index (κ1) is 19.9. The van der Waals surface area contributed by atoms with Crippen molar-refractivity contribution in [2.45, 2.75) is 6.92 Å². The number of H-pyrrole nitrogens is 1. The molecule has 4 rings (SSSR count). The van der Waals surface area contributed by atoms with E-state index in [9.17, 15) is 4.79 Å². The van der Waals surface area contributed by atoms with Crippen LogP contribution in [0, 0.1) is 6.92 Å². The molecule has 2 aromatic heterocycles. The van der Waals surface area contributed by atoms with E-state index in [1.54, 1.807) is 7.11 Å². The number of fused-ring (bicyclic) bond motifs is 4. The molecule has 7 heteroatoms. The normalized spacial score (nSPS) is 11.0. The van der Waals surface area contributed by atoms with Crippen molar-refractivity contribution in [3.8, 4) is 5.75 Å². The maximum absolute atomic E-state index is 13.0. The third-order valence-electron chi connectivity index (χ3n) is 5.06. The van der Waals surface area contributed by atoms with Crippen molar-refractivity contribution in [2.75, 3.05) is 20.2 Å². The number of halogens is 1. The maximum Gasteiger partial charge on any atom is 0.254 e. The van der Waals surface area contributed by atoms with Gasteiger partial charge in [-0.1, -0.05) is 0 Å². The number of hydrogen-bond acceptors (Lipinski definition) is 3. The number of nitrogens with zero attached hydrogens (tertiary/aromatic N) is 1. The Morgan fingerprint density at radius 2 is 2.04 bits per heavy atom. The minimum Gasteiger partial charge on any atom is -1.00 e. The van der Waals surface area contributed by atoms with E-state index in [4.69, 9.17) is 10.5 Å². The number of pyridine rings is 1. The number of aromatic nitrogens is 2. The number of nitrogens with two attached hydrogens (primary N) is 1. The number of carbonyl (C=O) groups is 1. The van der Waals surface area contributed by atoms with Crippen LogP contribution in [0.15, 0.2) is 36.7 Å². The summed E-state index contributed by atoms with van der Waals surface area (Å²) in [6.45, 7) is 2.93. The van der Waals surface area contributed by atoms with Gasteiger partial charge in [-0.2, -0.15) is 0 Å². The fourth-order valence-electron chi connectivity index (χ4n) is 3.77. The standard InChI is InChI=1S/C21H22N4O2.ClH/c1-12-16-11-25(2)9-6-14(16)19(21(26)23-8-7-22)20-18(12)15-10-13(27-3)4-5-17(15)24-20;/h4-6,9-11H,7-8,22H2,1-3H3,(H,23,26);1H. The molecule has 0 aliphatic heterocycles. The Morgan fingerprint density at radius 1 is 1.25 bits per heavy atom. The summed E-state index contributed by atoms with van der Waals surface area (Å²) in [6, 6.07) is 7.91. The fraction of sp³-hybridized carbons (Fsp3) is 0.238. The predicted molar refractivity (Wildman–Crippen MR) is 107 cm³/mol. The summed E-state index contributed by atoms with van der Waals surface area (Å²) >= 11 is 0. The SMILES string of the molecule is COc1ccc2[nH]c3c(C(=O)NCCN)c4cc[n+](C)cc4c(C)c3c2c1.[Cl-]. The van der Waals surface area contributed by atoms with E-state index >= 15 is 0 Å². The first-order valence-corrected chi connectivity index (χ1v) is 8.94. The molecule has 0 saturated heterocycles. The maximum atomic E-state index is 13.0. The highest BCUT2D eigenvalue weighted by molar-refractivity contribution is 6.24. The van der Waals surface area contributed by atoms with Crippen LogP contribution >= 0.6 is 0 Å². The van der Waals surface area contributed by atoms with Crippen LogP contribution < -0.4 is 32.8 Å². The van der Waals surface area contributed by atoms with Gasteiger partial charge in [-0.3, -0.25) is 4.79 Å². The number of carbonyl (C=O) groups excluding carboxylic acids is 1. The molecule has 4 N–H and O–H groups in total. The Kier molecular flexibility index (Phi) is 5.45. The second-order valence-electron chi connectivity index (χ2n) is 6.77. The molecule has 0 aliphatic rings. The minimum absolute atomic E-state index is 0. The molecule has 0 atom stereocenters. The first-order chi connectivity index (χ1) is 13.0. The molecule has 6 nitrogen and oxygen atoms in total. The van der Waals surface area contributed by atoms with Crippen LogP contribution in [0.3, 0.4) is 0 Å². The number of amides is 1. The molecule has 0 unspecified atom stereocenters. The molecule has 0 saturated carbocycles. The molecular weight excluding hydrogens is 376 g/mol. The van der Waals surface area contributed by atoms with E-state index in [2.05, 4.69) is 23.4 Å². The zero-order chi connectivity index (χ0) is 19.1. The molecule has 4 aromatic rings. The van der Waals surface area contributed by atoms with Crippen molar-refractivity contribution in [1.29, 1.82) is 0 Å². The van der Waals surface area contributed by atoms with Crippen molar-refractivity contribution in [3.63, 3.8) is 0 Å². The van der Waals surface area contributed by atoms with Gasteiger partial charge in [0, 0.05) is 40.8 Å². The van der Waals surface area contributed by atoms with E-state index in [0.29, 0.717) is 18.7 Å². The molecular formula is C21H23ClN4O2. The van der Waals surface area contributed by atoms with Gasteiger partial charge in [0.15, 0.2) is 12.4 Å². The Hall–Kier alpha value is -2.83. The fourth-order valence-corrected chi connectivity index (χ4v) is 3.77. The van der Waals surface area contributed by atoms with Gasteiger partial charge in [0.05, 0.1) is 23.6 Å². The summed E-state index contributed by atoms with van der Waals surface area (Å²) in [5.41, 5.74) is 9.17. The molecule has 0 spiro atoms. The third kappa shape index (κ3) is 3.04. The number of aryl methyl sites for hydroxylation is 2. The average molecular weight is 399 g/mol. The van der Waals surface area contributed by atoms with Crippen molar-refractivity contribution >= 4 is 38.5 Å². The number of hydrogen-bond donors (Lipinski definition) is 3. The van der Waals surface area contributed by atoms with Crippen molar-refractivity contribution in [3.05, 3.63) is 47.8 Å². The van der Waals surface area contributed by atoms with Crippen molar-refractivity contribution in [1.82, 2.24) is 10.3 Å². The predicted octanol–water partition coefficient (Wildman–Crippen LogP) is -0.692. The topological polar surface area (TPSA) is 84.0 Å². The van der Waals surface area contributed by atoms with Gasteiger partial charge in [-0.05, 0) is 30.7 Å². The monoisotopic (exact) mass is 398 g/mol. The molecule has 146 valence electrons. The largest absolute Gasteiger partial charge is 1.00 e. The van der Waals surface area contributed by atoms with Gasteiger partial charge >= 0.3 is 0 Å². The lowest BCUT2D eigenvalue weighted by molar-refractivity contribution is -0.670. The lowest BCUT2D eigenvalue weighted by atomic mass is 9.95. The second kappa shape index (κ2) is 7.66. The Labute approximate surface area is 169 Å². The van der Waals surface area contributed by atoms with Crippen LogP contribution in [-0.4, -0.2) is 31.1 Å². The zero-order valence-corrected chi connectivity index (χ0v) is 16.9. The quantitative estimate of drug-likeness (QED) is 0.398. The molecule has 0 aliphatic carbocycles. The molecule has 0 fully saturated rings. The minimum atomic E-state index is -0.122. The van der Waals surface area contributed by atoms with Gasteiger partial charge in [-0.15, -0.1) is 0 Å². The highest BCUT2D eigenvalue weighted by Crippen LogP contribution is 2.37. The lowest BCUT2D eigenvalue weighted by Crippen LogP contribution is -3.00. The molecule has 2 aromatic carbocycles. The smallest absolute Gasteiger partial charge is 0.254 e. The van der Waals surface area contributed by atoms with E-state index in [0.717, 1.165) is 43.9 Å². The average Bonchev–Trinajstić information content (AvgIpc) is 3.05. The van der Waals surface area contributed by atoms with Gasteiger partial charge in [-0.25, -0.2) is 4.57 Å². The van der Waals surface area contributed by atoms with Gasteiger partial charge in [0.1, 0.15) is 12.8 Å². The van der Waals surface area contributed by atoms with Crippen LogP contribution in [0.1, 0.15) is 15.9 Å². The highest BCUT2D eigenvalue weighted by Gasteiger charge is 2.22. The van der Waals surface area contributed by atoms with Crippen LogP contribution in [0.2, 0.25) is 0 Å². The van der Waals surface area contributed by atoms with E-state index in [1.165, 1.54) is 0 Å². The summed E-state index contributed by atoms with van der Waals surface area (Å²) in [6.07, 6.45) is 4.02. The van der Waals surface area contributed by atoms with Gasteiger partial charge in [0.2, 0.25) is 0 Å². The molecule has 2 heterocycles. The van der Waals surface area contributed by atoms with Gasteiger partial charge in [0.25, 0.3) is 5.91 Å². The van der Waals surface area contributed by atoms with E-state index in [-0.39, 0.29) is 18.3 Å². The summed E-state index contributed by atoms with van der Waals surface area (Å²) in [5, 5.41) is 6.98. The zero-order valence-electron chi connectivity index (χ0n) is 16.1. The van der Waals surface area contributed by atoms with Crippen molar-refractivity contribution in [2.24, 2.45) is 12.8 Å². The Morgan fingerprint density at radius 3 is 2.75 bits per heavy atom. The molecule has 0 radical (unpaired) electrons. The van der Waals surface area contributed by atoms with Crippen LogP contribution in [0.5, 0.6) is 5.75 Å². The van der Waals surface area contributed by atoms with Crippen LogP contribution in [-0.2, 0) is 7.05 Å². The number of nitrogens with one attached hydrogen (secondary N) is 2. The second-order valence-corrected chi connectivity index (χ2v) is 6.77. The van der Waals surface area contributed by atoms with E-state index in [1.807, 2.05) is 42.1 Å². The van der Waals surface area contributed by atoms with Gasteiger partial charge < -0.3 is 33.2 Å². The number of benzene rings is 2. The number of methoxy groups -OCH3 is 1. The summed E-state index contributed by atoms with van der Waals surface area (Å²) < 4.78 is 7.40. The number of ether oxygens (including phenoxy) is 1. The molecule has 1 amide bonds. The van der Waals surface area contributed by atoms with E-state index < -0.39 is 0 Å². The number of aromatic amines is 1. The molecule has 0 bridgehead atoms. The van der Waals surface area contributed by atoms with Crippen LogP contribution in [0.4, 0.5) is 0 Å². The number of rotatable bonds is 4. The summed E-state index contributed by atoms with van der Waals surface area (Å²) in [7, 11) is 3.64. The Balaban J connectivity index is 0.00000225. The third-order valence-corrected chi connectivity index (χ3v) is 5.06. The highest BCUT2D eigenvalue weighted by atomic mass is 35.5.